The van der Waals surface area contributed by atoms with Crippen LogP contribution >= 0.6 is 11.3 Å². The number of nitrogens with zero attached hydrogens (tertiary/aromatic N) is 1. The molecular weight excluding hydrogens is 416 g/mol. The maximum Gasteiger partial charge on any atom is 0.240 e. The second-order valence-electron chi connectivity index (χ2n) is 6.21. The summed E-state index contributed by atoms with van der Waals surface area (Å²) in [5.74, 6) is 1.28. The molecule has 3 heterocycles. The van der Waals surface area contributed by atoms with Crippen molar-refractivity contribution in [3.63, 3.8) is 0 Å². The molecule has 0 aliphatic carbocycles. The molecule has 2 aromatic heterocycles. The lowest BCUT2D eigenvalue weighted by atomic mass is 10.3. The number of anilines is 1. The zero-order chi connectivity index (χ0) is 20.3. The highest BCUT2D eigenvalue weighted by Gasteiger charge is 2.30. The first-order chi connectivity index (χ1) is 14.1. The number of sulfone groups is 1. The van der Waals surface area contributed by atoms with Crippen LogP contribution in [0.5, 0.6) is 11.5 Å². The highest BCUT2D eigenvalue weighted by molar-refractivity contribution is 7.91. The minimum atomic E-state index is -3.95. The summed E-state index contributed by atoms with van der Waals surface area (Å²) in [6.45, 7) is 1.83. The molecule has 8 nitrogen and oxygen atoms in total. The lowest BCUT2D eigenvalue weighted by Crippen LogP contribution is -2.16. The maximum absolute atomic E-state index is 13.3. The van der Waals surface area contributed by atoms with Crippen molar-refractivity contribution in [2.24, 2.45) is 0 Å². The van der Waals surface area contributed by atoms with Gasteiger partial charge in [0.1, 0.15) is 13.2 Å². The van der Waals surface area contributed by atoms with Crippen molar-refractivity contribution >= 4 is 27.1 Å². The Morgan fingerprint density at radius 1 is 1.21 bits per heavy atom. The van der Waals surface area contributed by atoms with Crippen molar-refractivity contribution in [2.75, 3.05) is 38.8 Å². The first-order valence-corrected chi connectivity index (χ1v) is 11.4. The van der Waals surface area contributed by atoms with Crippen molar-refractivity contribution in [1.82, 2.24) is 4.98 Å². The fourth-order valence-electron chi connectivity index (χ4n) is 2.83. The van der Waals surface area contributed by atoms with Crippen molar-refractivity contribution in [1.29, 1.82) is 0 Å². The molecule has 1 aromatic carbocycles. The molecule has 1 N–H and O–H groups in total. The molecular formula is C19H20N2O6S2. The van der Waals surface area contributed by atoms with Crippen molar-refractivity contribution in [3.05, 3.63) is 35.7 Å². The number of nitrogens with one attached hydrogen (secondary N) is 1. The number of methoxy groups -OCH3 is 1. The van der Waals surface area contributed by atoms with Crippen molar-refractivity contribution in [2.45, 2.75) is 16.3 Å². The summed E-state index contributed by atoms with van der Waals surface area (Å²) in [6, 6.07) is 8.21. The minimum absolute atomic E-state index is 0.0627. The molecule has 3 aromatic rings. The molecule has 29 heavy (non-hydrogen) atoms. The number of rotatable bonds is 8. The second kappa shape index (κ2) is 8.44. The third-order valence-corrected chi connectivity index (χ3v) is 6.74. The summed E-state index contributed by atoms with van der Waals surface area (Å²) < 4.78 is 48.5. The third-order valence-electron chi connectivity index (χ3n) is 4.22. The number of ether oxygens (including phenoxy) is 3. The number of benzene rings is 1. The van der Waals surface area contributed by atoms with E-state index in [1.54, 1.807) is 13.2 Å². The maximum atomic E-state index is 13.3. The average molecular weight is 437 g/mol. The number of aromatic nitrogens is 1. The van der Waals surface area contributed by atoms with Gasteiger partial charge >= 0.3 is 0 Å². The molecule has 1 aliphatic rings. The molecule has 154 valence electrons. The van der Waals surface area contributed by atoms with Crippen LogP contribution in [0.25, 0.3) is 10.8 Å². The Balaban J connectivity index is 1.71. The van der Waals surface area contributed by atoms with E-state index >= 15 is 0 Å². The van der Waals surface area contributed by atoms with Gasteiger partial charge in [0.05, 0.1) is 9.77 Å². The molecule has 0 amide bonds. The molecule has 0 spiro atoms. The van der Waals surface area contributed by atoms with E-state index in [2.05, 4.69) is 10.3 Å². The quantitative estimate of drug-likeness (QED) is 0.536. The lowest BCUT2D eigenvalue weighted by molar-refractivity contribution is 0.171. The minimum Gasteiger partial charge on any atom is -0.486 e. The van der Waals surface area contributed by atoms with Crippen molar-refractivity contribution < 1.29 is 27.0 Å². The van der Waals surface area contributed by atoms with E-state index < -0.39 is 9.84 Å². The molecule has 0 atom stereocenters. The zero-order valence-electron chi connectivity index (χ0n) is 15.7. The van der Waals surface area contributed by atoms with Gasteiger partial charge in [-0.3, -0.25) is 0 Å². The average Bonchev–Trinajstić information content (AvgIpc) is 3.41. The fourth-order valence-corrected chi connectivity index (χ4v) is 4.77. The SMILES string of the molecule is COCCCNc1oc(-c2cccs2)nc1S(=O)(=O)c1ccc2c(c1)OCCO2. The van der Waals surface area contributed by atoms with E-state index in [4.69, 9.17) is 18.6 Å². The first-order valence-electron chi connectivity index (χ1n) is 9.02. The molecule has 0 radical (unpaired) electrons. The summed E-state index contributed by atoms with van der Waals surface area (Å²) in [5, 5.41) is 4.75. The Hall–Kier alpha value is -2.56. The molecule has 0 unspecified atom stereocenters. The van der Waals surface area contributed by atoms with E-state index in [1.165, 1.54) is 23.5 Å². The van der Waals surface area contributed by atoms with Crippen LogP contribution in [0.4, 0.5) is 5.88 Å². The van der Waals surface area contributed by atoms with Crippen LogP contribution in [0, 0.1) is 0 Å². The fraction of sp³-hybridized carbons (Fsp3) is 0.316. The Labute approximate surface area is 172 Å². The van der Waals surface area contributed by atoms with Gasteiger partial charge in [-0.1, -0.05) is 6.07 Å². The third kappa shape index (κ3) is 4.09. The topological polar surface area (TPSA) is 99.9 Å². The van der Waals surface area contributed by atoms with Crippen LogP contribution in [-0.2, 0) is 14.6 Å². The number of thiophene rings is 1. The van der Waals surface area contributed by atoms with E-state index in [1.807, 2.05) is 17.5 Å². The van der Waals surface area contributed by atoms with Gasteiger partial charge in [-0.25, -0.2) is 8.42 Å². The van der Waals surface area contributed by atoms with E-state index in [-0.39, 0.29) is 21.7 Å². The monoisotopic (exact) mass is 436 g/mol. The molecule has 10 heteroatoms. The van der Waals surface area contributed by atoms with Gasteiger partial charge in [-0.05, 0) is 30.0 Å². The summed E-state index contributed by atoms with van der Waals surface area (Å²) in [6.07, 6.45) is 0.690. The number of oxazole rings is 1. The highest BCUT2D eigenvalue weighted by atomic mass is 32.2. The van der Waals surface area contributed by atoms with E-state index in [0.717, 1.165) is 4.88 Å². The molecule has 0 saturated carbocycles. The van der Waals surface area contributed by atoms with Gasteiger partial charge in [0, 0.05) is 26.3 Å². The smallest absolute Gasteiger partial charge is 0.240 e. The number of fused-ring (bicyclic) bond motifs is 1. The van der Waals surface area contributed by atoms with Gasteiger partial charge in [0.15, 0.2) is 11.5 Å². The van der Waals surface area contributed by atoms with Gasteiger partial charge in [0.25, 0.3) is 0 Å². The van der Waals surface area contributed by atoms with Gasteiger partial charge < -0.3 is 23.9 Å². The summed E-state index contributed by atoms with van der Waals surface area (Å²) in [7, 11) is -2.33. The molecule has 1 aliphatic heterocycles. The van der Waals surface area contributed by atoms with Crippen LogP contribution in [0.1, 0.15) is 6.42 Å². The van der Waals surface area contributed by atoms with Crippen LogP contribution in [0.15, 0.2) is 50.1 Å². The Bertz CT molecular complexity index is 1080. The summed E-state index contributed by atoms with van der Waals surface area (Å²) in [4.78, 5) is 5.11. The molecule has 0 fully saturated rings. The van der Waals surface area contributed by atoms with Crippen LogP contribution in [0.2, 0.25) is 0 Å². The Morgan fingerprint density at radius 2 is 2.03 bits per heavy atom. The number of hydrogen-bond acceptors (Lipinski definition) is 9. The summed E-state index contributed by atoms with van der Waals surface area (Å²) >= 11 is 1.42. The second-order valence-corrected chi connectivity index (χ2v) is 9.03. The van der Waals surface area contributed by atoms with Gasteiger partial charge in [-0.2, -0.15) is 4.98 Å². The van der Waals surface area contributed by atoms with E-state index in [0.29, 0.717) is 44.3 Å². The number of hydrogen-bond donors (Lipinski definition) is 1. The molecule has 4 rings (SSSR count). The van der Waals surface area contributed by atoms with Crippen LogP contribution in [0.3, 0.4) is 0 Å². The van der Waals surface area contributed by atoms with Crippen LogP contribution in [-0.4, -0.2) is 46.9 Å². The van der Waals surface area contributed by atoms with Crippen LogP contribution < -0.4 is 14.8 Å². The van der Waals surface area contributed by atoms with Crippen molar-refractivity contribution in [3.8, 4) is 22.3 Å². The highest BCUT2D eigenvalue weighted by Crippen LogP contribution is 2.37. The Morgan fingerprint density at radius 3 is 2.79 bits per heavy atom. The van der Waals surface area contributed by atoms with Gasteiger partial charge in [0.2, 0.25) is 26.6 Å². The van der Waals surface area contributed by atoms with E-state index in [9.17, 15) is 8.42 Å². The standard InChI is InChI=1S/C19H20N2O6S2/c1-24-8-3-7-20-18-19(21-17(27-18)16-4-2-11-28-16)29(22,23)13-5-6-14-15(12-13)26-10-9-25-14/h2,4-6,11-12,20H,3,7-10H2,1H3. The Kier molecular flexibility index (Phi) is 5.74. The first kappa shape index (κ1) is 19.7. The normalized spacial score (nSPS) is 13.4. The predicted octanol–water partition coefficient (Wildman–Crippen LogP) is 3.46. The summed E-state index contributed by atoms with van der Waals surface area (Å²) in [5.41, 5.74) is 0. The van der Waals surface area contributed by atoms with Gasteiger partial charge in [-0.15, -0.1) is 11.3 Å². The zero-order valence-corrected chi connectivity index (χ0v) is 17.3. The predicted molar refractivity (Wildman–Crippen MR) is 108 cm³/mol. The molecule has 0 bridgehead atoms. The lowest BCUT2D eigenvalue weighted by Gasteiger charge is -2.18. The molecule has 0 saturated heterocycles. The largest absolute Gasteiger partial charge is 0.486 e.